The molecule has 0 aliphatic rings. The first-order valence-corrected chi connectivity index (χ1v) is 12.9. The van der Waals surface area contributed by atoms with Crippen molar-refractivity contribution in [3.8, 4) is 11.4 Å². The van der Waals surface area contributed by atoms with Crippen molar-refractivity contribution in [2.75, 3.05) is 7.11 Å². The number of imidazole rings is 1. The molecule has 37 heavy (non-hydrogen) atoms. The summed E-state index contributed by atoms with van der Waals surface area (Å²) >= 11 is 13.8. The third kappa shape index (κ3) is 5.46. The van der Waals surface area contributed by atoms with Crippen LogP contribution in [0.3, 0.4) is 0 Å². The average Bonchev–Trinajstić information content (AvgIpc) is 3.28. The number of aromatic nitrogens is 2. The highest BCUT2D eigenvalue weighted by atomic mass is 35.5. The molecule has 4 rings (SSSR count). The molecule has 5 nitrogen and oxygen atoms in total. The lowest BCUT2D eigenvalue weighted by Crippen LogP contribution is -2.23. The zero-order chi connectivity index (χ0) is 26.9. The summed E-state index contributed by atoms with van der Waals surface area (Å²) in [5.74, 6) is -1.10. The second-order valence-electron chi connectivity index (χ2n) is 8.78. The van der Waals surface area contributed by atoms with Crippen LogP contribution in [0, 0.1) is 11.6 Å². The zero-order valence-electron chi connectivity index (χ0n) is 20.2. The van der Waals surface area contributed by atoms with E-state index in [0.717, 1.165) is 17.3 Å². The van der Waals surface area contributed by atoms with Gasteiger partial charge in [-0.1, -0.05) is 54.9 Å². The van der Waals surface area contributed by atoms with Gasteiger partial charge in [-0.2, -0.15) is 0 Å². The maximum absolute atomic E-state index is 14.8. The van der Waals surface area contributed by atoms with Crippen LogP contribution in [0.2, 0.25) is 10.0 Å². The van der Waals surface area contributed by atoms with Gasteiger partial charge < -0.3 is 10.5 Å². The third-order valence-electron chi connectivity index (χ3n) is 6.10. The van der Waals surface area contributed by atoms with Gasteiger partial charge in [-0.05, 0) is 54.1 Å². The van der Waals surface area contributed by atoms with Crippen LogP contribution in [0.5, 0.6) is 5.75 Å². The number of primary amides is 1. The van der Waals surface area contributed by atoms with E-state index in [1.807, 2.05) is 30.5 Å². The van der Waals surface area contributed by atoms with Gasteiger partial charge in [0.25, 0.3) is 0 Å². The van der Waals surface area contributed by atoms with E-state index in [1.54, 1.807) is 31.5 Å². The quantitative estimate of drug-likeness (QED) is 0.231. The molecule has 0 spiro atoms. The van der Waals surface area contributed by atoms with Crippen molar-refractivity contribution in [3.05, 3.63) is 105 Å². The lowest BCUT2D eigenvalue weighted by Gasteiger charge is -2.28. The lowest BCUT2D eigenvalue weighted by molar-refractivity contribution is 0.1000. The largest absolute Gasteiger partial charge is 0.495 e. The van der Waals surface area contributed by atoms with Gasteiger partial charge in [0.05, 0.1) is 24.0 Å². The highest BCUT2D eigenvalue weighted by Crippen LogP contribution is 2.39. The second kappa shape index (κ2) is 10.7. The minimum absolute atomic E-state index is 0.00788. The Hall–Kier alpha value is -3.07. The van der Waals surface area contributed by atoms with E-state index in [2.05, 4.69) is 4.98 Å². The Morgan fingerprint density at radius 3 is 2.41 bits per heavy atom. The molecule has 2 N–H and O–H groups in total. The van der Waals surface area contributed by atoms with E-state index >= 15 is 0 Å². The van der Waals surface area contributed by atoms with E-state index in [9.17, 15) is 13.6 Å². The minimum atomic E-state index is -0.766. The number of rotatable bonds is 8. The number of thioether (sulfide) groups is 1. The van der Waals surface area contributed by atoms with Crippen molar-refractivity contribution in [1.82, 2.24) is 9.55 Å². The molecule has 1 amide bonds. The standard InChI is InChI=1S/C27H23Cl2F2N3O2S/c1-27(2,16-4-9-20(28)23(12-16)36-3)24-13-33-26(34(24)18-7-5-17(30)6-8-18)37-14-19-21(29)10-15(25(32)35)11-22(19)31/h4-13H,14H2,1-3H3,(H2,32,35). The molecule has 0 radical (unpaired) electrons. The second-order valence-corrected chi connectivity index (χ2v) is 10.5. The van der Waals surface area contributed by atoms with Gasteiger partial charge in [-0.25, -0.2) is 13.8 Å². The summed E-state index contributed by atoms with van der Waals surface area (Å²) in [4.78, 5) is 16.1. The van der Waals surface area contributed by atoms with Crippen LogP contribution in [0.4, 0.5) is 8.78 Å². The fraction of sp³-hybridized carbons (Fsp3) is 0.185. The molecule has 10 heteroatoms. The lowest BCUT2D eigenvalue weighted by atomic mass is 9.81. The summed E-state index contributed by atoms with van der Waals surface area (Å²) in [7, 11) is 1.55. The monoisotopic (exact) mass is 561 g/mol. The van der Waals surface area contributed by atoms with Gasteiger partial charge in [-0.15, -0.1) is 0 Å². The van der Waals surface area contributed by atoms with Crippen LogP contribution in [0.15, 0.2) is 66.0 Å². The highest BCUT2D eigenvalue weighted by Gasteiger charge is 2.30. The van der Waals surface area contributed by atoms with Gasteiger partial charge >= 0.3 is 0 Å². The Balaban J connectivity index is 1.78. The fourth-order valence-electron chi connectivity index (χ4n) is 3.93. The van der Waals surface area contributed by atoms with Gasteiger partial charge in [0.2, 0.25) is 5.91 Å². The summed E-state index contributed by atoms with van der Waals surface area (Å²) in [6.07, 6.45) is 1.74. The highest BCUT2D eigenvalue weighted by molar-refractivity contribution is 7.98. The molecule has 0 saturated carbocycles. The summed E-state index contributed by atoms with van der Waals surface area (Å²) in [6.45, 7) is 4.06. The van der Waals surface area contributed by atoms with Crippen molar-refractivity contribution in [3.63, 3.8) is 0 Å². The molecule has 0 atom stereocenters. The first-order valence-electron chi connectivity index (χ1n) is 11.1. The van der Waals surface area contributed by atoms with Crippen molar-refractivity contribution in [2.45, 2.75) is 30.2 Å². The molecule has 1 heterocycles. The molecule has 0 aliphatic heterocycles. The Bertz CT molecular complexity index is 1450. The molecule has 0 fully saturated rings. The Labute approximate surface area is 227 Å². The maximum atomic E-state index is 14.8. The van der Waals surface area contributed by atoms with Gasteiger partial charge in [-0.3, -0.25) is 9.36 Å². The number of nitrogens with two attached hydrogens (primary N) is 1. The van der Waals surface area contributed by atoms with Crippen molar-refractivity contribution in [1.29, 1.82) is 0 Å². The molecule has 0 saturated heterocycles. The number of benzene rings is 3. The van der Waals surface area contributed by atoms with Crippen molar-refractivity contribution in [2.24, 2.45) is 5.73 Å². The topological polar surface area (TPSA) is 70.1 Å². The number of carbonyl (C=O) groups is 1. The van der Waals surface area contributed by atoms with Crippen LogP contribution in [0.25, 0.3) is 5.69 Å². The normalized spacial score (nSPS) is 11.5. The number of ether oxygens (including phenoxy) is 1. The van der Waals surface area contributed by atoms with Gasteiger partial charge in [0, 0.05) is 33.0 Å². The molecule has 192 valence electrons. The fourth-order valence-corrected chi connectivity index (χ4v) is 5.51. The van der Waals surface area contributed by atoms with E-state index < -0.39 is 17.1 Å². The van der Waals surface area contributed by atoms with E-state index in [4.69, 9.17) is 33.7 Å². The first kappa shape index (κ1) is 27.0. The van der Waals surface area contributed by atoms with Crippen LogP contribution in [-0.4, -0.2) is 22.6 Å². The predicted octanol–water partition coefficient (Wildman–Crippen LogP) is 7.18. The Morgan fingerprint density at radius 1 is 1.08 bits per heavy atom. The summed E-state index contributed by atoms with van der Waals surface area (Å²) < 4.78 is 35.8. The molecular formula is C27H23Cl2F2N3O2S. The van der Waals surface area contributed by atoms with Crippen molar-refractivity contribution < 1.29 is 18.3 Å². The number of nitrogens with zero attached hydrogens (tertiary/aromatic N) is 2. The summed E-state index contributed by atoms with van der Waals surface area (Å²) in [5.41, 5.74) is 7.29. The number of methoxy groups -OCH3 is 1. The molecule has 0 aliphatic carbocycles. The SMILES string of the molecule is COc1cc(C(C)(C)c2cnc(SCc3c(F)cc(C(N)=O)cc3Cl)n2-c2ccc(F)cc2)ccc1Cl. The average molecular weight is 562 g/mol. The Morgan fingerprint density at radius 2 is 1.78 bits per heavy atom. The summed E-state index contributed by atoms with van der Waals surface area (Å²) in [5, 5.41) is 1.13. The van der Waals surface area contributed by atoms with Gasteiger partial charge in [0.1, 0.15) is 17.4 Å². The number of amides is 1. The van der Waals surface area contributed by atoms with Crippen molar-refractivity contribution >= 4 is 40.9 Å². The van der Waals surface area contributed by atoms with Crippen LogP contribution >= 0.6 is 35.0 Å². The number of hydrogen-bond acceptors (Lipinski definition) is 4. The first-order chi connectivity index (χ1) is 17.5. The molecule has 4 aromatic rings. The molecule has 0 bridgehead atoms. The van der Waals surface area contributed by atoms with Crippen LogP contribution < -0.4 is 10.5 Å². The zero-order valence-corrected chi connectivity index (χ0v) is 22.5. The number of hydrogen-bond donors (Lipinski definition) is 1. The summed E-state index contributed by atoms with van der Waals surface area (Å²) in [6, 6.07) is 14.0. The molecular weight excluding hydrogens is 539 g/mol. The van der Waals surface area contributed by atoms with E-state index in [1.165, 1.54) is 30.0 Å². The minimum Gasteiger partial charge on any atom is -0.495 e. The number of halogens is 4. The van der Waals surface area contributed by atoms with E-state index in [0.29, 0.717) is 21.6 Å². The third-order valence-corrected chi connectivity index (χ3v) is 7.73. The van der Waals surface area contributed by atoms with Gasteiger partial charge in [0.15, 0.2) is 5.16 Å². The predicted molar refractivity (Wildman–Crippen MR) is 143 cm³/mol. The smallest absolute Gasteiger partial charge is 0.248 e. The van der Waals surface area contributed by atoms with E-state index in [-0.39, 0.29) is 27.7 Å². The Kier molecular flexibility index (Phi) is 7.83. The molecule has 3 aromatic carbocycles. The molecule has 1 aromatic heterocycles. The number of carbonyl (C=O) groups excluding carboxylic acids is 1. The van der Waals surface area contributed by atoms with Crippen LogP contribution in [0.1, 0.15) is 41.0 Å². The maximum Gasteiger partial charge on any atom is 0.248 e. The molecule has 0 unspecified atom stereocenters. The van der Waals surface area contributed by atoms with Crippen LogP contribution in [-0.2, 0) is 11.2 Å².